The highest BCUT2D eigenvalue weighted by molar-refractivity contribution is 5.94. The molecule has 4 rings (SSSR count). The number of aromatic nitrogens is 4. The van der Waals surface area contributed by atoms with E-state index in [0.29, 0.717) is 17.9 Å². The number of pyridine rings is 1. The molecule has 1 unspecified atom stereocenters. The van der Waals surface area contributed by atoms with Gasteiger partial charge in [-0.05, 0) is 31.2 Å². The Morgan fingerprint density at radius 1 is 1.22 bits per heavy atom. The maximum atomic E-state index is 12.9. The first-order chi connectivity index (χ1) is 11.2. The Labute approximate surface area is 134 Å². The van der Waals surface area contributed by atoms with E-state index in [-0.39, 0.29) is 11.9 Å². The molecule has 1 aliphatic heterocycles. The van der Waals surface area contributed by atoms with Crippen molar-refractivity contribution >= 4 is 5.91 Å². The summed E-state index contributed by atoms with van der Waals surface area (Å²) >= 11 is 0. The molecule has 0 radical (unpaired) electrons. The molecule has 0 saturated carbocycles. The largest absolute Gasteiger partial charge is 0.348 e. The third-order valence-corrected chi connectivity index (χ3v) is 4.36. The summed E-state index contributed by atoms with van der Waals surface area (Å²) in [5.74, 6) is 0.732. The number of nitrogens with zero attached hydrogens (tertiary/aromatic N) is 5. The van der Waals surface area contributed by atoms with Crippen molar-refractivity contribution < 1.29 is 4.79 Å². The van der Waals surface area contributed by atoms with Crippen LogP contribution in [0.4, 0.5) is 0 Å². The Morgan fingerprint density at radius 3 is 2.96 bits per heavy atom. The van der Waals surface area contributed by atoms with Gasteiger partial charge in [-0.3, -0.25) is 9.36 Å². The highest BCUT2D eigenvalue weighted by atomic mass is 16.2. The second-order valence-electron chi connectivity index (χ2n) is 5.67. The van der Waals surface area contributed by atoms with E-state index in [2.05, 4.69) is 33.7 Å². The molecule has 23 heavy (non-hydrogen) atoms. The number of imidazole rings is 1. The molecular weight excluding hydrogens is 290 g/mol. The molecule has 0 aliphatic carbocycles. The van der Waals surface area contributed by atoms with Crippen LogP contribution in [0.2, 0.25) is 0 Å². The van der Waals surface area contributed by atoms with Crippen LogP contribution >= 0.6 is 0 Å². The van der Waals surface area contributed by atoms with Gasteiger partial charge in [0.2, 0.25) is 0 Å². The first kappa shape index (κ1) is 13.8. The molecule has 1 atom stereocenters. The van der Waals surface area contributed by atoms with E-state index in [1.165, 1.54) is 5.69 Å². The Hall–Kier alpha value is -2.89. The first-order valence-corrected chi connectivity index (χ1v) is 7.64. The summed E-state index contributed by atoms with van der Waals surface area (Å²) < 4.78 is 4.00. The molecule has 0 saturated heterocycles. The van der Waals surface area contributed by atoms with Crippen molar-refractivity contribution in [2.24, 2.45) is 0 Å². The maximum Gasteiger partial charge on any atom is 0.254 e. The van der Waals surface area contributed by atoms with Crippen molar-refractivity contribution in [1.82, 2.24) is 24.0 Å². The molecule has 0 fully saturated rings. The monoisotopic (exact) mass is 307 g/mol. The van der Waals surface area contributed by atoms with Gasteiger partial charge in [0.1, 0.15) is 12.1 Å². The van der Waals surface area contributed by atoms with Gasteiger partial charge >= 0.3 is 0 Å². The number of hydrogen-bond donors (Lipinski definition) is 0. The highest BCUT2D eigenvalue weighted by Crippen LogP contribution is 2.27. The van der Waals surface area contributed by atoms with E-state index in [0.717, 1.165) is 6.54 Å². The first-order valence-electron chi connectivity index (χ1n) is 7.64. The Kier molecular flexibility index (Phi) is 3.22. The lowest BCUT2D eigenvalue weighted by atomic mass is 10.1. The summed E-state index contributed by atoms with van der Waals surface area (Å²) in [6, 6.07) is 7.75. The summed E-state index contributed by atoms with van der Waals surface area (Å²) in [6.45, 7) is 3.61. The van der Waals surface area contributed by atoms with Gasteiger partial charge in [0, 0.05) is 49.1 Å². The molecular formula is C17H17N5O. The normalized spacial score (nSPS) is 17.1. The van der Waals surface area contributed by atoms with E-state index in [9.17, 15) is 4.79 Å². The van der Waals surface area contributed by atoms with Crippen molar-refractivity contribution in [1.29, 1.82) is 0 Å². The number of hydrogen-bond acceptors (Lipinski definition) is 3. The molecule has 116 valence electrons. The summed E-state index contributed by atoms with van der Waals surface area (Å²) in [4.78, 5) is 23.2. The van der Waals surface area contributed by atoms with E-state index in [4.69, 9.17) is 0 Å². The molecule has 3 aromatic heterocycles. The lowest BCUT2D eigenvalue weighted by Gasteiger charge is -2.35. The maximum absolute atomic E-state index is 12.9. The standard InChI is InChI=1S/C17H17N5O/c1-13-15-3-2-7-20(15)9-10-22(13)17(23)14-4-5-19-16(11-14)21-8-6-18-12-21/h2-8,11-13H,9-10H2,1H3. The van der Waals surface area contributed by atoms with Gasteiger partial charge in [0.05, 0.1) is 6.04 Å². The van der Waals surface area contributed by atoms with Crippen LogP contribution in [0.3, 0.4) is 0 Å². The van der Waals surface area contributed by atoms with Crippen LogP contribution in [0.5, 0.6) is 0 Å². The molecule has 6 nitrogen and oxygen atoms in total. The quantitative estimate of drug-likeness (QED) is 0.730. The second-order valence-corrected chi connectivity index (χ2v) is 5.67. The van der Waals surface area contributed by atoms with Crippen LogP contribution in [0.1, 0.15) is 29.0 Å². The minimum absolute atomic E-state index is 0.0358. The van der Waals surface area contributed by atoms with E-state index >= 15 is 0 Å². The molecule has 0 bridgehead atoms. The topological polar surface area (TPSA) is 56.0 Å². The second kappa shape index (κ2) is 5.39. The van der Waals surface area contributed by atoms with Crippen LogP contribution in [-0.2, 0) is 6.54 Å². The fraction of sp³-hybridized carbons (Fsp3) is 0.235. The highest BCUT2D eigenvalue weighted by Gasteiger charge is 2.28. The molecule has 1 aliphatic rings. The van der Waals surface area contributed by atoms with Crippen LogP contribution in [-0.4, -0.2) is 36.5 Å². The van der Waals surface area contributed by atoms with Gasteiger partial charge in [0.25, 0.3) is 5.91 Å². The van der Waals surface area contributed by atoms with E-state index in [1.807, 2.05) is 23.2 Å². The van der Waals surface area contributed by atoms with Crippen LogP contribution in [0, 0.1) is 0 Å². The van der Waals surface area contributed by atoms with E-state index in [1.54, 1.807) is 29.4 Å². The Bertz CT molecular complexity index is 836. The predicted octanol–water partition coefficient (Wildman–Crippen LogP) is 2.29. The SMILES string of the molecule is CC1c2cccn2CCN1C(=O)c1ccnc(-n2ccnc2)c1. The molecule has 0 aromatic carbocycles. The summed E-state index contributed by atoms with van der Waals surface area (Å²) in [6.07, 6.45) is 8.91. The predicted molar refractivity (Wildman–Crippen MR) is 85.2 cm³/mol. The lowest BCUT2D eigenvalue weighted by molar-refractivity contribution is 0.0644. The zero-order valence-corrected chi connectivity index (χ0v) is 12.8. The zero-order valence-electron chi connectivity index (χ0n) is 12.8. The molecule has 4 heterocycles. The minimum Gasteiger partial charge on any atom is -0.348 e. The van der Waals surface area contributed by atoms with Gasteiger partial charge < -0.3 is 9.47 Å². The smallest absolute Gasteiger partial charge is 0.254 e. The molecule has 0 N–H and O–H groups in total. The summed E-state index contributed by atoms with van der Waals surface area (Å²) in [5.41, 5.74) is 1.82. The number of rotatable bonds is 2. The van der Waals surface area contributed by atoms with Gasteiger partial charge in [-0.15, -0.1) is 0 Å². The number of carbonyl (C=O) groups is 1. The molecule has 6 heteroatoms. The number of fused-ring (bicyclic) bond motifs is 1. The van der Waals surface area contributed by atoms with Gasteiger partial charge in [-0.2, -0.15) is 0 Å². The van der Waals surface area contributed by atoms with Crippen molar-refractivity contribution in [3.05, 3.63) is 66.6 Å². The average molecular weight is 307 g/mol. The van der Waals surface area contributed by atoms with Crippen LogP contribution in [0.15, 0.2) is 55.4 Å². The molecule has 3 aromatic rings. The third-order valence-electron chi connectivity index (χ3n) is 4.36. The number of carbonyl (C=O) groups excluding carboxylic acids is 1. The molecule has 1 amide bonds. The van der Waals surface area contributed by atoms with Crippen molar-refractivity contribution in [3.63, 3.8) is 0 Å². The van der Waals surface area contributed by atoms with Crippen LogP contribution in [0.25, 0.3) is 5.82 Å². The van der Waals surface area contributed by atoms with E-state index < -0.39 is 0 Å². The average Bonchev–Trinajstić information content (AvgIpc) is 3.26. The zero-order chi connectivity index (χ0) is 15.8. The van der Waals surface area contributed by atoms with Crippen molar-refractivity contribution in [3.8, 4) is 5.82 Å². The van der Waals surface area contributed by atoms with Gasteiger partial charge in [-0.25, -0.2) is 9.97 Å². The van der Waals surface area contributed by atoms with Gasteiger partial charge in [-0.1, -0.05) is 0 Å². The lowest BCUT2D eigenvalue weighted by Crippen LogP contribution is -2.40. The minimum atomic E-state index is 0.0358. The summed E-state index contributed by atoms with van der Waals surface area (Å²) in [5, 5.41) is 0. The van der Waals surface area contributed by atoms with Crippen LogP contribution < -0.4 is 0 Å². The fourth-order valence-corrected chi connectivity index (χ4v) is 3.11. The van der Waals surface area contributed by atoms with Gasteiger partial charge in [0.15, 0.2) is 0 Å². The third kappa shape index (κ3) is 2.32. The fourth-order valence-electron chi connectivity index (χ4n) is 3.11. The Balaban J connectivity index is 1.64. The van der Waals surface area contributed by atoms with Crippen molar-refractivity contribution in [2.75, 3.05) is 6.54 Å². The Morgan fingerprint density at radius 2 is 2.13 bits per heavy atom. The molecule has 0 spiro atoms. The van der Waals surface area contributed by atoms with Crippen molar-refractivity contribution in [2.45, 2.75) is 19.5 Å². The number of amides is 1. The summed E-state index contributed by atoms with van der Waals surface area (Å²) in [7, 11) is 0.